The van der Waals surface area contributed by atoms with Crippen LogP contribution in [0.4, 0.5) is 4.79 Å². The molecule has 2 heterocycles. The summed E-state index contributed by atoms with van der Waals surface area (Å²) >= 11 is 0. The van der Waals surface area contributed by atoms with E-state index >= 15 is 0 Å². The van der Waals surface area contributed by atoms with Crippen LogP contribution in [0.1, 0.15) is 19.8 Å². The summed E-state index contributed by atoms with van der Waals surface area (Å²) in [6.07, 6.45) is 1.91. The van der Waals surface area contributed by atoms with Crippen molar-refractivity contribution in [1.82, 2.24) is 10.2 Å². The molecule has 0 aromatic heterocycles. The van der Waals surface area contributed by atoms with Gasteiger partial charge in [0.15, 0.2) is 0 Å². The number of carbonyl (C=O) groups is 1. The van der Waals surface area contributed by atoms with Gasteiger partial charge in [-0.3, -0.25) is 0 Å². The molecule has 2 saturated heterocycles. The average molecular weight is 198 g/mol. The molecule has 14 heavy (non-hydrogen) atoms. The Kier molecular flexibility index (Phi) is 2.63. The summed E-state index contributed by atoms with van der Waals surface area (Å²) in [5.41, 5.74) is 0.407. The molecule has 2 aliphatic rings. The SMILES string of the molecule is CCCCOC(=O)N1CC2(CNC2)C1. The Morgan fingerprint density at radius 1 is 1.50 bits per heavy atom. The van der Waals surface area contributed by atoms with Gasteiger partial charge in [0.1, 0.15) is 0 Å². The highest BCUT2D eigenvalue weighted by atomic mass is 16.6. The van der Waals surface area contributed by atoms with Crippen molar-refractivity contribution < 1.29 is 9.53 Å². The predicted octanol–water partition coefficient (Wildman–Crippen LogP) is 0.828. The molecule has 0 bridgehead atoms. The van der Waals surface area contributed by atoms with Crippen molar-refractivity contribution in [2.45, 2.75) is 19.8 Å². The monoisotopic (exact) mass is 198 g/mol. The Balaban J connectivity index is 1.63. The minimum atomic E-state index is -0.129. The third-order valence-corrected chi connectivity index (χ3v) is 3.03. The van der Waals surface area contributed by atoms with Crippen LogP contribution in [-0.4, -0.2) is 43.8 Å². The van der Waals surface area contributed by atoms with Gasteiger partial charge in [-0.2, -0.15) is 0 Å². The van der Waals surface area contributed by atoms with Crippen molar-refractivity contribution in [3.63, 3.8) is 0 Å². The number of nitrogens with one attached hydrogen (secondary N) is 1. The van der Waals surface area contributed by atoms with Gasteiger partial charge in [0.2, 0.25) is 0 Å². The largest absolute Gasteiger partial charge is 0.449 e. The van der Waals surface area contributed by atoms with E-state index in [1.807, 2.05) is 0 Å². The Morgan fingerprint density at radius 2 is 2.21 bits per heavy atom. The van der Waals surface area contributed by atoms with Crippen molar-refractivity contribution >= 4 is 6.09 Å². The summed E-state index contributed by atoms with van der Waals surface area (Å²) in [6.45, 7) is 6.54. The highest BCUT2D eigenvalue weighted by Crippen LogP contribution is 2.34. The summed E-state index contributed by atoms with van der Waals surface area (Å²) in [5, 5.41) is 3.24. The fourth-order valence-electron chi connectivity index (χ4n) is 1.99. The quantitative estimate of drug-likeness (QED) is 0.683. The molecule has 0 saturated carbocycles. The van der Waals surface area contributed by atoms with Gasteiger partial charge in [-0.25, -0.2) is 4.79 Å². The van der Waals surface area contributed by atoms with Gasteiger partial charge in [0.25, 0.3) is 0 Å². The fourth-order valence-corrected chi connectivity index (χ4v) is 1.99. The first kappa shape index (κ1) is 9.77. The van der Waals surface area contributed by atoms with E-state index in [9.17, 15) is 4.79 Å². The average Bonchev–Trinajstić information content (AvgIpc) is 1.99. The Labute approximate surface area is 84.6 Å². The molecule has 0 radical (unpaired) electrons. The van der Waals surface area contributed by atoms with E-state index in [1.165, 1.54) is 0 Å². The molecule has 2 rings (SSSR count). The van der Waals surface area contributed by atoms with Crippen molar-refractivity contribution in [2.24, 2.45) is 5.41 Å². The molecule has 0 aromatic carbocycles. The molecule has 0 aromatic rings. The lowest BCUT2D eigenvalue weighted by Crippen LogP contribution is -2.71. The molecule has 0 aliphatic carbocycles. The Hall–Kier alpha value is -0.770. The molecule has 2 fully saturated rings. The number of ether oxygens (including phenoxy) is 1. The van der Waals surface area contributed by atoms with E-state index in [-0.39, 0.29) is 6.09 Å². The van der Waals surface area contributed by atoms with Crippen LogP contribution in [0.2, 0.25) is 0 Å². The summed E-state index contributed by atoms with van der Waals surface area (Å²) in [7, 11) is 0. The maximum Gasteiger partial charge on any atom is 0.409 e. The third-order valence-electron chi connectivity index (χ3n) is 3.03. The van der Waals surface area contributed by atoms with Gasteiger partial charge in [0, 0.05) is 31.6 Å². The molecule has 0 unspecified atom stereocenters. The van der Waals surface area contributed by atoms with Crippen molar-refractivity contribution in [3.8, 4) is 0 Å². The topological polar surface area (TPSA) is 41.6 Å². The van der Waals surface area contributed by atoms with Crippen LogP contribution in [0, 0.1) is 5.41 Å². The van der Waals surface area contributed by atoms with Crippen LogP contribution in [0.5, 0.6) is 0 Å². The number of carbonyl (C=O) groups excluding carboxylic acids is 1. The van der Waals surface area contributed by atoms with E-state index < -0.39 is 0 Å². The van der Waals surface area contributed by atoms with E-state index in [0.717, 1.165) is 39.0 Å². The van der Waals surface area contributed by atoms with Gasteiger partial charge in [0.05, 0.1) is 6.61 Å². The molecule has 0 atom stereocenters. The molecule has 1 spiro atoms. The van der Waals surface area contributed by atoms with Gasteiger partial charge in [-0.15, -0.1) is 0 Å². The molecular weight excluding hydrogens is 180 g/mol. The van der Waals surface area contributed by atoms with E-state index in [1.54, 1.807) is 4.90 Å². The number of rotatable bonds is 3. The highest BCUT2D eigenvalue weighted by Gasteiger charge is 2.49. The van der Waals surface area contributed by atoms with Gasteiger partial charge in [-0.05, 0) is 6.42 Å². The molecular formula is C10H18N2O2. The maximum atomic E-state index is 11.4. The number of amides is 1. The molecule has 80 valence electrons. The zero-order valence-electron chi connectivity index (χ0n) is 8.71. The van der Waals surface area contributed by atoms with E-state index in [2.05, 4.69) is 12.2 Å². The van der Waals surface area contributed by atoms with Crippen molar-refractivity contribution in [2.75, 3.05) is 32.8 Å². The lowest BCUT2D eigenvalue weighted by molar-refractivity contribution is -0.0350. The summed E-state index contributed by atoms with van der Waals surface area (Å²) in [4.78, 5) is 13.2. The number of hydrogen-bond donors (Lipinski definition) is 1. The van der Waals surface area contributed by atoms with E-state index in [0.29, 0.717) is 12.0 Å². The number of unbranched alkanes of at least 4 members (excludes halogenated alkanes) is 1. The van der Waals surface area contributed by atoms with Crippen LogP contribution in [0.15, 0.2) is 0 Å². The lowest BCUT2D eigenvalue weighted by Gasteiger charge is -2.55. The first-order valence-corrected chi connectivity index (χ1v) is 5.38. The molecule has 1 amide bonds. The second-order valence-electron chi connectivity index (χ2n) is 4.43. The van der Waals surface area contributed by atoms with Gasteiger partial charge < -0.3 is 15.0 Å². The normalized spacial score (nSPS) is 22.8. The minimum Gasteiger partial charge on any atom is -0.449 e. The van der Waals surface area contributed by atoms with E-state index in [4.69, 9.17) is 4.74 Å². The second-order valence-corrected chi connectivity index (χ2v) is 4.43. The first-order valence-electron chi connectivity index (χ1n) is 5.38. The third kappa shape index (κ3) is 1.71. The molecule has 4 heteroatoms. The number of likely N-dealkylation sites (tertiary alicyclic amines) is 1. The zero-order chi connectivity index (χ0) is 10.0. The summed E-state index contributed by atoms with van der Waals surface area (Å²) in [6, 6.07) is 0. The first-order chi connectivity index (χ1) is 6.76. The highest BCUT2D eigenvalue weighted by molar-refractivity contribution is 5.69. The Bertz CT molecular complexity index is 218. The van der Waals surface area contributed by atoms with Crippen LogP contribution in [0.3, 0.4) is 0 Å². The van der Waals surface area contributed by atoms with Crippen LogP contribution in [-0.2, 0) is 4.74 Å². The van der Waals surface area contributed by atoms with Gasteiger partial charge in [-0.1, -0.05) is 13.3 Å². The number of hydrogen-bond acceptors (Lipinski definition) is 3. The zero-order valence-corrected chi connectivity index (χ0v) is 8.71. The number of nitrogens with zero attached hydrogens (tertiary/aromatic N) is 1. The smallest absolute Gasteiger partial charge is 0.409 e. The lowest BCUT2D eigenvalue weighted by atomic mass is 9.75. The molecule has 1 N–H and O–H groups in total. The van der Waals surface area contributed by atoms with Crippen molar-refractivity contribution in [1.29, 1.82) is 0 Å². The standard InChI is InChI=1S/C10H18N2O2/c1-2-3-4-14-9(13)12-7-10(8-12)5-11-6-10/h11H,2-8H2,1H3. The summed E-state index contributed by atoms with van der Waals surface area (Å²) < 4.78 is 5.11. The fraction of sp³-hybridized carbons (Fsp3) is 0.900. The Morgan fingerprint density at radius 3 is 2.71 bits per heavy atom. The van der Waals surface area contributed by atoms with Crippen LogP contribution >= 0.6 is 0 Å². The molecule has 2 aliphatic heterocycles. The second kappa shape index (κ2) is 3.77. The van der Waals surface area contributed by atoms with Gasteiger partial charge >= 0.3 is 6.09 Å². The molecule has 4 nitrogen and oxygen atoms in total. The minimum absolute atomic E-state index is 0.129. The van der Waals surface area contributed by atoms with Crippen LogP contribution < -0.4 is 5.32 Å². The predicted molar refractivity (Wildman–Crippen MR) is 53.1 cm³/mol. The van der Waals surface area contributed by atoms with Crippen LogP contribution in [0.25, 0.3) is 0 Å². The van der Waals surface area contributed by atoms with Crippen molar-refractivity contribution in [3.05, 3.63) is 0 Å². The maximum absolute atomic E-state index is 11.4. The summed E-state index contributed by atoms with van der Waals surface area (Å²) in [5.74, 6) is 0.